The molecule has 1 N–H and O–H groups in total. The number of aliphatic hydroxyl groups is 1. The maximum atomic E-state index is 8.65. The van der Waals surface area contributed by atoms with Crippen LogP contribution in [0, 0.1) is 13.8 Å². The third-order valence-electron chi connectivity index (χ3n) is 1.76. The van der Waals surface area contributed by atoms with E-state index < -0.39 is 0 Å². The van der Waals surface area contributed by atoms with Crippen molar-refractivity contribution in [2.24, 2.45) is 0 Å². The first-order valence-corrected chi connectivity index (χ1v) is 4.90. The predicted molar refractivity (Wildman–Crippen MR) is 51.5 cm³/mol. The third kappa shape index (κ3) is 2.22. The van der Waals surface area contributed by atoms with Gasteiger partial charge in [-0.15, -0.1) is 11.8 Å². The highest BCUT2D eigenvalue weighted by atomic mass is 32.2. The van der Waals surface area contributed by atoms with Crippen LogP contribution in [0.25, 0.3) is 0 Å². The summed E-state index contributed by atoms with van der Waals surface area (Å²) in [5.41, 5.74) is 2.29. The van der Waals surface area contributed by atoms with Crippen LogP contribution in [-0.2, 0) is 0 Å². The monoisotopic (exact) mass is 183 g/mol. The second-order valence-corrected chi connectivity index (χ2v) is 3.73. The number of nitrogens with zero attached hydrogens (tertiary/aromatic N) is 1. The summed E-state index contributed by atoms with van der Waals surface area (Å²) in [5.74, 6) is 0.754. The van der Waals surface area contributed by atoms with Gasteiger partial charge in [0, 0.05) is 22.5 Å². The molecule has 0 aliphatic heterocycles. The molecule has 12 heavy (non-hydrogen) atoms. The van der Waals surface area contributed by atoms with Gasteiger partial charge in [-0.1, -0.05) is 0 Å². The van der Waals surface area contributed by atoms with Crippen LogP contribution in [0.3, 0.4) is 0 Å². The minimum atomic E-state index is 0.228. The maximum absolute atomic E-state index is 8.65. The van der Waals surface area contributed by atoms with E-state index in [-0.39, 0.29) is 6.61 Å². The SMILES string of the molecule is Cc1nccc(SCCO)c1C. The molecule has 0 spiro atoms. The molecule has 3 heteroatoms. The highest BCUT2D eigenvalue weighted by molar-refractivity contribution is 7.99. The second-order valence-electron chi connectivity index (χ2n) is 2.59. The molecule has 0 saturated heterocycles. The summed E-state index contributed by atoms with van der Waals surface area (Å²) in [6.07, 6.45) is 1.81. The highest BCUT2D eigenvalue weighted by Gasteiger charge is 2.00. The summed E-state index contributed by atoms with van der Waals surface area (Å²) in [7, 11) is 0. The van der Waals surface area contributed by atoms with E-state index >= 15 is 0 Å². The first kappa shape index (κ1) is 9.55. The van der Waals surface area contributed by atoms with E-state index in [0.717, 1.165) is 11.4 Å². The molecule has 2 nitrogen and oxygen atoms in total. The number of thioether (sulfide) groups is 1. The molecular weight excluding hydrogens is 170 g/mol. The van der Waals surface area contributed by atoms with E-state index in [1.165, 1.54) is 10.5 Å². The van der Waals surface area contributed by atoms with Crippen molar-refractivity contribution in [2.45, 2.75) is 18.7 Å². The van der Waals surface area contributed by atoms with Crippen LogP contribution in [0.1, 0.15) is 11.3 Å². The Morgan fingerprint density at radius 2 is 2.25 bits per heavy atom. The largest absolute Gasteiger partial charge is 0.396 e. The molecule has 0 amide bonds. The molecule has 1 aromatic heterocycles. The summed E-state index contributed by atoms with van der Waals surface area (Å²) >= 11 is 1.67. The number of aryl methyl sites for hydroxylation is 1. The van der Waals surface area contributed by atoms with Gasteiger partial charge >= 0.3 is 0 Å². The molecule has 0 aliphatic carbocycles. The number of rotatable bonds is 3. The Morgan fingerprint density at radius 1 is 1.50 bits per heavy atom. The second kappa shape index (κ2) is 4.48. The van der Waals surface area contributed by atoms with Gasteiger partial charge in [0.25, 0.3) is 0 Å². The molecule has 0 radical (unpaired) electrons. The first-order chi connectivity index (χ1) is 5.75. The Morgan fingerprint density at radius 3 is 2.92 bits per heavy atom. The van der Waals surface area contributed by atoms with Gasteiger partial charge in [0.15, 0.2) is 0 Å². The topological polar surface area (TPSA) is 33.1 Å². The summed E-state index contributed by atoms with van der Waals surface area (Å²) in [4.78, 5) is 5.39. The Hall–Kier alpha value is -0.540. The van der Waals surface area contributed by atoms with Crippen LogP contribution in [-0.4, -0.2) is 22.5 Å². The van der Waals surface area contributed by atoms with E-state index in [1.807, 2.05) is 19.2 Å². The van der Waals surface area contributed by atoms with Crippen molar-refractivity contribution in [3.05, 3.63) is 23.5 Å². The van der Waals surface area contributed by atoms with Crippen LogP contribution in [0.5, 0.6) is 0 Å². The summed E-state index contributed by atoms with van der Waals surface area (Å²) < 4.78 is 0. The minimum absolute atomic E-state index is 0.228. The van der Waals surface area contributed by atoms with Gasteiger partial charge in [-0.25, -0.2) is 0 Å². The van der Waals surface area contributed by atoms with Crippen molar-refractivity contribution in [1.82, 2.24) is 4.98 Å². The number of hydrogen-bond donors (Lipinski definition) is 1. The van der Waals surface area contributed by atoms with Crippen molar-refractivity contribution >= 4 is 11.8 Å². The zero-order chi connectivity index (χ0) is 8.97. The first-order valence-electron chi connectivity index (χ1n) is 3.91. The van der Waals surface area contributed by atoms with Crippen molar-refractivity contribution in [3.63, 3.8) is 0 Å². The van der Waals surface area contributed by atoms with Gasteiger partial charge < -0.3 is 5.11 Å². The van der Waals surface area contributed by atoms with E-state index in [4.69, 9.17) is 5.11 Å². The fourth-order valence-electron chi connectivity index (χ4n) is 0.929. The van der Waals surface area contributed by atoms with Crippen LogP contribution in [0.15, 0.2) is 17.2 Å². The van der Waals surface area contributed by atoms with E-state index in [0.29, 0.717) is 0 Å². The minimum Gasteiger partial charge on any atom is -0.396 e. The lowest BCUT2D eigenvalue weighted by molar-refractivity contribution is 0.322. The van der Waals surface area contributed by atoms with Gasteiger partial charge in [0.2, 0.25) is 0 Å². The third-order valence-corrected chi connectivity index (χ3v) is 2.90. The number of aromatic nitrogens is 1. The summed E-state index contributed by atoms with van der Waals surface area (Å²) in [6, 6.07) is 1.99. The van der Waals surface area contributed by atoms with Crippen molar-refractivity contribution in [1.29, 1.82) is 0 Å². The van der Waals surface area contributed by atoms with Gasteiger partial charge in [0.1, 0.15) is 0 Å². The van der Waals surface area contributed by atoms with Crippen molar-refractivity contribution in [3.8, 4) is 0 Å². The lowest BCUT2D eigenvalue weighted by Crippen LogP contribution is -1.91. The van der Waals surface area contributed by atoms with Crippen LogP contribution in [0.2, 0.25) is 0 Å². The van der Waals surface area contributed by atoms with Gasteiger partial charge in [0.05, 0.1) is 6.61 Å². The fraction of sp³-hybridized carbons (Fsp3) is 0.444. The van der Waals surface area contributed by atoms with E-state index in [2.05, 4.69) is 11.9 Å². The fourth-order valence-corrected chi connectivity index (χ4v) is 1.76. The molecule has 0 unspecified atom stereocenters. The molecule has 0 saturated carbocycles. The van der Waals surface area contributed by atoms with Crippen molar-refractivity contribution < 1.29 is 5.11 Å². The maximum Gasteiger partial charge on any atom is 0.0525 e. The Kier molecular flexibility index (Phi) is 3.56. The zero-order valence-electron chi connectivity index (χ0n) is 7.37. The number of hydrogen-bond acceptors (Lipinski definition) is 3. The molecule has 0 bridgehead atoms. The van der Waals surface area contributed by atoms with Gasteiger partial charge in [-0.3, -0.25) is 4.98 Å². The van der Waals surface area contributed by atoms with E-state index in [9.17, 15) is 0 Å². The van der Waals surface area contributed by atoms with Crippen molar-refractivity contribution in [2.75, 3.05) is 12.4 Å². The average Bonchev–Trinajstić information content (AvgIpc) is 2.08. The predicted octanol–water partition coefficient (Wildman–Crippen LogP) is 1.78. The summed E-state index contributed by atoms with van der Waals surface area (Å²) in [6.45, 7) is 4.28. The highest BCUT2D eigenvalue weighted by Crippen LogP contribution is 2.22. The lowest BCUT2D eigenvalue weighted by atomic mass is 10.2. The zero-order valence-corrected chi connectivity index (χ0v) is 8.19. The average molecular weight is 183 g/mol. The Balaban J connectivity index is 2.78. The Bertz CT molecular complexity index is 263. The quantitative estimate of drug-likeness (QED) is 0.725. The smallest absolute Gasteiger partial charge is 0.0525 e. The molecule has 1 heterocycles. The normalized spacial score (nSPS) is 10.2. The van der Waals surface area contributed by atoms with Gasteiger partial charge in [-0.2, -0.15) is 0 Å². The summed E-state index contributed by atoms with van der Waals surface area (Å²) in [5, 5.41) is 8.65. The molecule has 1 aromatic rings. The number of aliphatic hydroxyl groups excluding tert-OH is 1. The lowest BCUT2D eigenvalue weighted by Gasteiger charge is -2.05. The van der Waals surface area contributed by atoms with Crippen LogP contribution >= 0.6 is 11.8 Å². The Labute approximate surface area is 77.0 Å². The molecular formula is C9H13NOS. The van der Waals surface area contributed by atoms with E-state index in [1.54, 1.807) is 11.8 Å². The van der Waals surface area contributed by atoms with Crippen LogP contribution < -0.4 is 0 Å². The number of pyridine rings is 1. The molecule has 0 aromatic carbocycles. The molecule has 0 atom stereocenters. The molecule has 66 valence electrons. The molecule has 0 fully saturated rings. The standard InChI is InChI=1S/C9H13NOS/c1-7-8(2)10-4-3-9(7)12-6-5-11/h3-4,11H,5-6H2,1-2H3. The molecule has 1 rings (SSSR count). The van der Waals surface area contributed by atoms with Crippen LogP contribution in [0.4, 0.5) is 0 Å². The van der Waals surface area contributed by atoms with Gasteiger partial charge in [-0.05, 0) is 25.5 Å². The molecule has 0 aliphatic rings.